The Morgan fingerprint density at radius 1 is 0.724 bits per heavy atom. The Kier molecular flexibility index (Phi) is 8.05. The molecule has 0 spiro atoms. The molecule has 1 aliphatic carbocycles. The fraction of sp³-hybridized carbons (Fsp3) is 0.417. The van der Waals surface area contributed by atoms with Crippen molar-refractivity contribution in [2.24, 2.45) is 9.98 Å². The molecule has 0 bridgehead atoms. The van der Waals surface area contributed by atoms with Gasteiger partial charge in [0.05, 0.1) is 12.1 Å². The van der Waals surface area contributed by atoms with Gasteiger partial charge in [-0.05, 0) is 74.9 Å². The van der Waals surface area contributed by atoms with Gasteiger partial charge in [-0.3, -0.25) is 9.98 Å². The Morgan fingerprint density at radius 2 is 1.10 bits per heavy atom. The normalized spacial score (nSPS) is 19.6. The standard InChI is InChI=1S/C24H30N2O2.Co/c1-15-9-17(3)23(27)19(11-15)13-25-21-7-5-6-8-22(21)26-14-20-12-16(2)10-18(4)24(20)28;/h9-14,21-22,27-28H,5-8H2,1-4H3;/t21-,22-;/m1./s1. The smallest absolute Gasteiger partial charge is 0.127 e. The van der Waals surface area contributed by atoms with E-state index < -0.39 is 0 Å². The van der Waals surface area contributed by atoms with Gasteiger partial charge < -0.3 is 10.2 Å². The minimum atomic E-state index is 0. The summed E-state index contributed by atoms with van der Waals surface area (Å²) < 4.78 is 0. The van der Waals surface area contributed by atoms with Crippen LogP contribution < -0.4 is 0 Å². The van der Waals surface area contributed by atoms with E-state index in [2.05, 4.69) is 0 Å². The quantitative estimate of drug-likeness (QED) is 0.648. The van der Waals surface area contributed by atoms with Crippen LogP contribution in [-0.2, 0) is 16.8 Å². The van der Waals surface area contributed by atoms with Crippen molar-refractivity contribution in [3.05, 3.63) is 57.6 Å². The molecule has 4 nitrogen and oxygen atoms in total. The van der Waals surface area contributed by atoms with Crippen molar-refractivity contribution >= 4 is 12.4 Å². The second kappa shape index (κ2) is 10.1. The zero-order chi connectivity index (χ0) is 20.3. The van der Waals surface area contributed by atoms with Gasteiger partial charge in [0.25, 0.3) is 0 Å². The second-order valence-corrected chi connectivity index (χ2v) is 8.01. The first-order chi connectivity index (χ1) is 13.3. The van der Waals surface area contributed by atoms with E-state index in [0.717, 1.165) is 59.1 Å². The molecule has 2 aromatic carbocycles. The first kappa shape index (κ1) is 23.2. The van der Waals surface area contributed by atoms with E-state index in [4.69, 9.17) is 9.98 Å². The molecule has 0 heterocycles. The number of phenols is 2. The fourth-order valence-electron chi connectivity index (χ4n) is 3.97. The summed E-state index contributed by atoms with van der Waals surface area (Å²) in [6, 6.07) is 8.05. The molecule has 29 heavy (non-hydrogen) atoms. The van der Waals surface area contributed by atoms with Crippen molar-refractivity contribution in [1.29, 1.82) is 0 Å². The largest absolute Gasteiger partial charge is 0.507 e. The number of aliphatic imine (C=N–C) groups is 2. The Labute approximate surface area is 184 Å². The van der Waals surface area contributed by atoms with E-state index in [1.807, 2.05) is 52.0 Å². The molecule has 0 amide bonds. The molecule has 2 atom stereocenters. The third-order valence-corrected chi connectivity index (χ3v) is 5.45. The summed E-state index contributed by atoms with van der Waals surface area (Å²) in [5.74, 6) is 0.593. The number of aromatic hydroxyl groups is 2. The maximum Gasteiger partial charge on any atom is 0.127 e. The monoisotopic (exact) mass is 437 g/mol. The molecule has 3 rings (SSSR count). The van der Waals surface area contributed by atoms with Crippen LogP contribution in [0.15, 0.2) is 34.3 Å². The molecule has 1 radical (unpaired) electrons. The average Bonchev–Trinajstić information content (AvgIpc) is 2.65. The van der Waals surface area contributed by atoms with Gasteiger partial charge in [0.1, 0.15) is 11.5 Å². The summed E-state index contributed by atoms with van der Waals surface area (Å²) >= 11 is 0. The number of phenolic OH excluding ortho intramolecular Hbond substituents is 2. The molecule has 157 valence electrons. The van der Waals surface area contributed by atoms with E-state index in [1.165, 1.54) is 0 Å². The molecule has 1 aliphatic rings. The van der Waals surface area contributed by atoms with Crippen molar-refractivity contribution in [2.75, 3.05) is 0 Å². The van der Waals surface area contributed by atoms with Gasteiger partial charge in [0, 0.05) is 40.3 Å². The predicted molar refractivity (Wildman–Crippen MR) is 116 cm³/mol. The first-order valence-electron chi connectivity index (χ1n) is 10.0. The summed E-state index contributed by atoms with van der Waals surface area (Å²) in [6.07, 6.45) is 7.85. The molecule has 0 saturated heterocycles. The van der Waals surface area contributed by atoms with Gasteiger partial charge in [0.15, 0.2) is 0 Å². The summed E-state index contributed by atoms with van der Waals surface area (Å²) in [5.41, 5.74) is 5.48. The van der Waals surface area contributed by atoms with Crippen molar-refractivity contribution in [3.63, 3.8) is 0 Å². The maximum atomic E-state index is 10.3. The van der Waals surface area contributed by atoms with E-state index in [1.54, 1.807) is 12.4 Å². The Hall–Kier alpha value is -2.11. The third kappa shape index (κ3) is 5.70. The number of benzene rings is 2. The average molecular weight is 437 g/mol. The van der Waals surface area contributed by atoms with Gasteiger partial charge in [-0.15, -0.1) is 0 Å². The minimum Gasteiger partial charge on any atom is -0.507 e. The molecule has 1 fully saturated rings. The summed E-state index contributed by atoms with van der Waals surface area (Å²) in [6.45, 7) is 7.86. The summed E-state index contributed by atoms with van der Waals surface area (Å²) in [5, 5.41) is 20.6. The van der Waals surface area contributed by atoms with Gasteiger partial charge in [-0.2, -0.15) is 0 Å². The van der Waals surface area contributed by atoms with Crippen LogP contribution in [0, 0.1) is 27.7 Å². The molecule has 0 aliphatic heterocycles. The van der Waals surface area contributed by atoms with E-state index in [0.29, 0.717) is 11.5 Å². The van der Waals surface area contributed by atoms with Gasteiger partial charge in [-0.1, -0.05) is 25.0 Å². The number of hydrogen-bond acceptors (Lipinski definition) is 4. The Bertz CT molecular complexity index is 846. The number of rotatable bonds is 4. The van der Waals surface area contributed by atoms with Crippen LogP contribution in [0.5, 0.6) is 11.5 Å². The first-order valence-corrected chi connectivity index (χ1v) is 10.0. The van der Waals surface area contributed by atoms with Crippen LogP contribution in [0.25, 0.3) is 0 Å². The zero-order valence-corrected chi connectivity index (χ0v) is 18.6. The zero-order valence-electron chi connectivity index (χ0n) is 17.6. The second-order valence-electron chi connectivity index (χ2n) is 8.01. The summed E-state index contributed by atoms with van der Waals surface area (Å²) in [4.78, 5) is 9.57. The van der Waals surface area contributed by atoms with E-state index in [9.17, 15) is 10.2 Å². The van der Waals surface area contributed by atoms with Crippen molar-refractivity contribution in [2.45, 2.75) is 65.5 Å². The molecule has 2 aromatic rings. The van der Waals surface area contributed by atoms with Crippen LogP contribution in [0.3, 0.4) is 0 Å². The van der Waals surface area contributed by atoms with Crippen molar-refractivity contribution in [3.8, 4) is 11.5 Å². The van der Waals surface area contributed by atoms with Crippen molar-refractivity contribution in [1.82, 2.24) is 0 Å². The Morgan fingerprint density at radius 3 is 1.48 bits per heavy atom. The number of nitrogens with zero attached hydrogens (tertiary/aromatic N) is 2. The molecule has 0 unspecified atom stereocenters. The molecule has 1 saturated carbocycles. The fourth-order valence-corrected chi connectivity index (χ4v) is 3.97. The number of aryl methyl sites for hydroxylation is 4. The van der Waals surface area contributed by atoms with Crippen molar-refractivity contribution < 1.29 is 27.0 Å². The van der Waals surface area contributed by atoms with Crippen LogP contribution >= 0.6 is 0 Å². The Balaban J connectivity index is 0.00000300. The van der Waals surface area contributed by atoms with Gasteiger partial charge >= 0.3 is 0 Å². The minimum absolute atomic E-state index is 0. The maximum absolute atomic E-state index is 10.3. The third-order valence-electron chi connectivity index (χ3n) is 5.45. The van der Waals surface area contributed by atoms with Crippen LogP contribution in [-0.4, -0.2) is 34.7 Å². The molecular formula is C24H30CoN2O2. The van der Waals surface area contributed by atoms with Gasteiger partial charge in [-0.25, -0.2) is 0 Å². The van der Waals surface area contributed by atoms with Crippen LogP contribution in [0.4, 0.5) is 0 Å². The van der Waals surface area contributed by atoms with E-state index >= 15 is 0 Å². The SMILES string of the molecule is Cc1cc(C)c(O)c(C=N[C@@H]2CCCC[C@H]2N=Cc2cc(C)cc(C)c2O)c1.[Co]. The van der Waals surface area contributed by atoms with Crippen LogP contribution in [0.1, 0.15) is 59.1 Å². The molecule has 2 N–H and O–H groups in total. The topological polar surface area (TPSA) is 65.2 Å². The summed E-state index contributed by atoms with van der Waals surface area (Å²) in [7, 11) is 0. The number of hydrogen-bond donors (Lipinski definition) is 2. The van der Waals surface area contributed by atoms with E-state index in [-0.39, 0.29) is 28.9 Å². The molecular weight excluding hydrogens is 407 g/mol. The molecule has 0 aromatic heterocycles. The van der Waals surface area contributed by atoms with Crippen LogP contribution in [0.2, 0.25) is 0 Å². The molecule has 5 heteroatoms. The predicted octanol–water partition coefficient (Wildman–Crippen LogP) is 5.18. The van der Waals surface area contributed by atoms with Gasteiger partial charge in [0.2, 0.25) is 0 Å².